The average Bonchev–Trinajstić information content (AvgIpc) is 2.69. The molecule has 0 atom stereocenters. The highest BCUT2D eigenvalue weighted by molar-refractivity contribution is 6.07. The molecular weight excluding hydrogens is 272 g/mol. The van der Waals surface area contributed by atoms with Crippen molar-refractivity contribution >= 4 is 16.8 Å². The van der Waals surface area contributed by atoms with Crippen molar-refractivity contribution in [3.8, 4) is 0 Å². The molecular formula is C19H26N2O. The van der Waals surface area contributed by atoms with E-state index < -0.39 is 0 Å². The molecule has 0 bridgehead atoms. The quantitative estimate of drug-likeness (QED) is 0.847. The molecule has 0 saturated heterocycles. The van der Waals surface area contributed by atoms with Crippen LogP contribution < -0.4 is 5.32 Å². The van der Waals surface area contributed by atoms with E-state index in [0.717, 1.165) is 23.0 Å². The molecule has 3 nitrogen and oxygen atoms in total. The van der Waals surface area contributed by atoms with E-state index in [2.05, 4.69) is 30.4 Å². The summed E-state index contributed by atoms with van der Waals surface area (Å²) in [5, 5.41) is 4.21. The van der Waals surface area contributed by atoms with Crippen LogP contribution in [0.3, 0.4) is 0 Å². The third-order valence-corrected chi connectivity index (χ3v) is 4.92. The van der Waals surface area contributed by atoms with Gasteiger partial charge in [0.15, 0.2) is 0 Å². The Hall–Kier alpha value is -1.77. The molecule has 22 heavy (non-hydrogen) atoms. The zero-order chi connectivity index (χ0) is 15.5. The summed E-state index contributed by atoms with van der Waals surface area (Å²) in [4.78, 5) is 12.6. The van der Waals surface area contributed by atoms with Crippen LogP contribution in [0.1, 0.15) is 54.4 Å². The van der Waals surface area contributed by atoms with E-state index in [4.69, 9.17) is 0 Å². The van der Waals surface area contributed by atoms with Crippen LogP contribution in [0.2, 0.25) is 0 Å². The number of carbonyl (C=O) groups is 1. The van der Waals surface area contributed by atoms with Crippen molar-refractivity contribution in [3.05, 3.63) is 35.5 Å². The van der Waals surface area contributed by atoms with Gasteiger partial charge in [-0.3, -0.25) is 4.79 Å². The first-order valence-corrected chi connectivity index (χ1v) is 8.49. The number of benzene rings is 1. The second-order valence-corrected chi connectivity index (χ2v) is 6.74. The maximum absolute atomic E-state index is 12.6. The number of fused-ring (bicyclic) bond motifs is 1. The normalized spacial score (nSPS) is 16.6. The summed E-state index contributed by atoms with van der Waals surface area (Å²) in [5.74, 6) is 0.724. The molecule has 1 aliphatic rings. The molecule has 1 heterocycles. The van der Waals surface area contributed by atoms with Gasteiger partial charge in [0.25, 0.3) is 5.91 Å². The Morgan fingerprint density at radius 3 is 2.68 bits per heavy atom. The first-order valence-electron chi connectivity index (χ1n) is 8.49. The molecule has 0 aliphatic heterocycles. The smallest absolute Gasteiger partial charge is 0.253 e. The van der Waals surface area contributed by atoms with Gasteiger partial charge in [0.05, 0.1) is 5.56 Å². The molecule has 1 aromatic carbocycles. The van der Waals surface area contributed by atoms with Crippen molar-refractivity contribution in [2.45, 2.75) is 45.4 Å². The number of nitrogens with zero attached hydrogens (tertiary/aromatic N) is 1. The van der Waals surface area contributed by atoms with E-state index in [1.54, 1.807) is 0 Å². The Morgan fingerprint density at radius 1 is 1.23 bits per heavy atom. The molecule has 1 N–H and O–H groups in total. The van der Waals surface area contributed by atoms with Gasteiger partial charge in [-0.25, -0.2) is 0 Å². The van der Waals surface area contributed by atoms with E-state index in [0.29, 0.717) is 5.92 Å². The zero-order valence-corrected chi connectivity index (χ0v) is 13.7. The lowest BCUT2D eigenvalue weighted by molar-refractivity contribution is 0.0947. The van der Waals surface area contributed by atoms with Gasteiger partial charge in [-0.05, 0) is 37.3 Å². The number of hydrogen-bond acceptors (Lipinski definition) is 1. The number of aromatic nitrogens is 1. The SMILES string of the molecule is Cc1ccc2c(C(=O)NCC3CCCCCC3)cn(C)c2c1. The lowest BCUT2D eigenvalue weighted by Gasteiger charge is -2.14. The highest BCUT2D eigenvalue weighted by atomic mass is 16.1. The summed E-state index contributed by atoms with van der Waals surface area (Å²) < 4.78 is 2.04. The molecule has 118 valence electrons. The molecule has 1 aromatic heterocycles. The Morgan fingerprint density at radius 2 is 1.95 bits per heavy atom. The van der Waals surface area contributed by atoms with Gasteiger partial charge in [0.2, 0.25) is 0 Å². The fourth-order valence-electron chi connectivity index (χ4n) is 3.58. The minimum Gasteiger partial charge on any atom is -0.352 e. The van der Waals surface area contributed by atoms with Gasteiger partial charge in [-0.1, -0.05) is 37.8 Å². The van der Waals surface area contributed by atoms with Crippen LogP contribution in [0, 0.1) is 12.8 Å². The van der Waals surface area contributed by atoms with Crippen LogP contribution in [0.4, 0.5) is 0 Å². The molecule has 1 amide bonds. The third-order valence-electron chi connectivity index (χ3n) is 4.92. The Kier molecular flexibility index (Phi) is 4.51. The number of aryl methyl sites for hydroxylation is 2. The Bertz CT molecular complexity index is 663. The van der Waals surface area contributed by atoms with Crippen molar-refractivity contribution < 1.29 is 4.79 Å². The molecule has 2 aromatic rings. The first-order chi connectivity index (χ1) is 10.6. The van der Waals surface area contributed by atoms with Gasteiger partial charge in [-0.15, -0.1) is 0 Å². The van der Waals surface area contributed by atoms with Gasteiger partial charge in [0.1, 0.15) is 0 Å². The maximum Gasteiger partial charge on any atom is 0.253 e. The van der Waals surface area contributed by atoms with E-state index in [1.165, 1.54) is 44.1 Å². The average molecular weight is 298 g/mol. The van der Waals surface area contributed by atoms with E-state index in [9.17, 15) is 4.79 Å². The van der Waals surface area contributed by atoms with Crippen molar-refractivity contribution in [1.82, 2.24) is 9.88 Å². The largest absolute Gasteiger partial charge is 0.352 e. The van der Waals surface area contributed by atoms with E-state index >= 15 is 0 Å². The zero-order valence-electron chi connectivity index (χ0n) is 13.7. The summed E-state index contributed by atoms with van der Waals surface area (Å²) in [7, 11) is 2.00. The monoisotopic (exact) mass is 298 g/mol. The number of rotatable bonds is 3. The number of hydrogen-bond donors (Lipinski definition) is 1. The summed E-state index contributed by atoms with van der Waals surface area (Å²) in [5.41, 5.74) is 3.14. The lowest BCUT2D eigenvalue weighted by Crippen LogP contribution is -2.29. The van der Waals surface area contributed by atoms with Gasteiger partial charge in [0, 0.05) is 30.7 Å². The highest BCUT2D eigenvalue weighted by Crippen LogP contribution is 2.24. The van der Waals surface area contributed by atoms with Gasteiger partial charge < -0.3 is 9.88 Å². The highest BCUT2D eigenvalue weighted by Gasteiger charge is 2.17. The minimum absolute atomic E-state index is 0.0682. The summed E-state index contributed by atoms with van der Waals surface area (Å²) in [6.07, 6.45) is 9.80. The van der Waals surface area contributed by atoms with Crippen molar-refractivity contribution in [3.63, 3.8) is 0 Å². The van der Waals surface area contributed by atoms with Crippen molar-refractivity contribution in [2.75, 3.05) is 6.54 Å². The second-order valence-electron chi connectivity index (χ2n) is 6.74. The summed E-state index contributed by atoms with van der Waals surface area (Å²) in [6.45, 7) is 2.90. The molecule has 1 fully saturated rings. The van der Waals surface area contributed by atoms with Crippen LogP contribution in [-0.2, 0) is 7.05 Å². The van der Waals surface area contributed by atoms with Crippen LogP contribution in [0.5, 0.6) is 0 Å². The fraction of sp³-hybridized carbons (Fsp3) is 0.526. The number of carbonyl (C=O) groups excluding carboxylic acids is 1. The summed E-state index contributed by atoms with van der Waals surface area (Å²) in [6, 6.07) is 6.27. The molecule has 3 heteroatoms. The summed E-state index contributed by atoms with van der Waals surface area (Å²) >= 11 is 0. The van der Waals surface area contributed by atoms with Crippen LogP contribution in [-0.4, -0.2) is 17.0 Å². The lowest BCUT2D eigenvalue weighted by atomic mass is 10.0. The van der Waals surface area contributed by atoms with Crippen LogP contribution in [0.25, 0.3) is 10.9 Å². The predicted molar refractivity (Wildman–Crippen MR) is 91.2 cm³/mol. The van der Waals surface area contributed by atoms with Crippen LogP contribution in [0.15, 0.2) is 24.4 Å². The molecule has 1 aliphatic carbocycles. The van der Waals surface area contributed by atoms with Crippen LogP contribution >= 0.6 is 0 Å². The van der Waals surface area contributed by atoms with Gasteiger partial charge in [-0.2, -0.15) is 0 Å². The predicted octanol–water partition coefficient (Wildman–Crippen LogP) is 4.19. The van der Waals surface area contributed by atoms with Gasteiger partial charge >= 0.3 is 0 Å². The van der Waals surface area contributed by atoms with E-state index in [1.807, 2.05) is 17.8 Å². The number of amides is 1. The number of nitrogens with one attached hydrogen (secondary N) is 1. The molecule has 3 rings (SSSR count). The Balaban J connectivity index is 1.72. The molecule has 1 saturated carbocycles. The topological polar surface area (TPSA) is 34.0 Å². The molecule has 0 unspecified atom stereocenters. The fourth-order valence-corrected chi connectivity index (χ4v) is 3.58. The van der Waals surface area contributed by atoms with E-state index in [-0.39, 0.29) is 5.91 Å². The second kappa shape index (κ2) is 6.55. The molecule has 0 spiro atoms. The minimum atomic E-state index is 0.0682. The first kappa shape index (κ1) is 15.1. The van der Waals surface area contributed by atoms with Crippen molar-refractivity contribution in [2.24, 2.45) is 13.0 Å². The third kappa shape index (κ3) is 3.18. The Labute approximate surface area is 132 Å². The molecule has 0 radical (unpaired) electrons. The maximum atomic E-state index is 12.6. The standard InChI is InChI=1S/C19H26N2O/c1-14-9-10-16-17(13-21(2)18(16)11-14)19(22)20-12-15-7-5-3-4-6-8-15/h9-11,13,15H,3-8,12H2,1-2H3,(H,20,22). The van der Waals surface area contributed by atoms with Crippen molar-refractivity contribution in [1.29, 1.82) is 0 Å².